The number of sulfonamides is 1. The monoisotopic (exact) mass is 413 g/mol. The van der Waals surface area contributed by atoms with Crippen molar-refractivity contribution < 1.29 is 22.8 Å². The third kappa shape index (κ3) is 2.72. The third-order valence-electron chi connectivity index (χ3n) is 5.49. The van der Waals surface area contributed by atoms with E-state index in [4.69, 9.17) is 5.73 Å². The molecule has 0 aromatic heterocycles. The Kier molecular flexibility index (Phi) is 4.23. The van der Waals surface area contributed by atoms with Crippen molar-refractivity contribution in [2.24, 2.45) is 5.73 Å². The zero-order valence-corrected chi connectivity index (χ0v) is 16.6. The molecule has 8 nitrogen and oxygen atoms in total. The predicted octanol–water partition coefficient (Wildman–Crippen LogP) is 1.47. The number of hydrogen-bond acceptors (Lipinski definition) is 5. The predicted molar refractivity (Wildman–Crippen MR) is 105 cm³/mol. The van der Waals surface area contributed by atoms with Gasteiger partial charge in [-0.2, -0.15) is 0 Å². The van der Waals surface area contributed by atoms with Crippen LogP contribution in [-0.4, -0.2) is 44.1 Å². The molecule has 29 heavy (non-hydrogen) atoms. The Hall–Kier alpha value is -3.20. The van der Waals surface area contributed by atoms with Crippen LogP contribution in [0.4, 0.5) is 5.69 Å². The highest BCUT2D eigenvalue weighted by atomic mass is 32.2. The number of benzene rings is 2. The van der Waals surface area contributed by atoms with Crippen LogP contribution in [-0.2, 0) is 14.8 Å². The number of amides is 3. The van der Waals surface area contributed by atoms with E-state index < -0.39 is 39.7 Å². The lowest BCUT2D eigenvalue weighted by Gasteiger charge is -2.38. The van der Waals surface area contributed by atoms with Gasteiger partial charge in [0.25, 0.3) is 21.8 Å². The van der Waals surface area contributed by atoms with Gasteiger partial charge < -0.3 is 5.73 Å². The van der Waals surface area contributed by atoms with Crippen molar-refractivity contribution >= 4 is 33.4 Å². The molecule has 3 amide bonds. The first-order valence-electron chi connectivity index (χ1n) is 9.03. The summed E-state index contributed by atoms with van der Waals surface area (Å²) in [4.78, 5) is 37.1. The molecule has 150 valence electrons. The number of primary amides is 1. The van der Waals surface area contributed by atoms with Crippen LogP contribution in [0, 0.1) is 0 Å². The van der Waals surface area contributed by atoms with E-state index in [0.29, 0.717) is 11.3 Å². The number of carbonyl (C=O) groups excluding carboxylic acids is 3. The topological polar surface area (TPSA) is 118 Å². The second-order valence-electron chi connectivity index (χ2n) is 7.28. The van der Waals surface area contributed by atoms with Gasteiger partial charge in [-0.25, -0.2) is 8.42 Å². The van der Waals surface area contributed by atoms with Gasteiger partial charge in [-0.3, -0.25) is 23.6 Å². The Morgan fingerprint density at radius 3 is 2.41 bits per heavy atom. The summed E-state index contributed by atoms with van der Waals surface area (Å²) in [5.41, 5.74) is 6.71. The summed E-state index contributed by atoms with van der Waals surface area (Å²) in [6.07, 6.45) is 0.247. The number of rotatable bonds is 3. The summed E-state index contributed by atoms with van der Waals surface area (Å²) in [5.74, 6) is -2.09. The number of imide groups is 1. The lowest BCUT2D eigenvalue weighted by atomic mass is 9.87. The molecule has 0 fully saturated rings. The van der Waals surface area contributed by atoms with Crippen LogP contribution in [0.5, 0.6) is 0 Å². The fraction of sp³-hybridized carbons (Fsp3) is 0.250. The number of para-hydroxylation sites is 1. The van der Waals surface area contributed by atoms with Gasteiger partial charge in [-0.05, 0) is 43.2 Å². The van der Waals surface area contributed by atoms with Crippen LogP contribution < -0.4 is 10.0 Å². The molecule has 0 spiro atoms. The van der Waals surface area contributed by atoms with Crippen molar-refractivity contribution in [1.29, 1.82) is 0 Å². The molecule has 2 aliphatic rings. The van der Waals surface area contributed by atoms with E-state index in [9.17, 15) is 22.8 Å². The lowest BCUT2D eigenvalue weighted by molar-refractivity contribution is -0.119. The van der Waals surface area contributed by atoms with Crippen LogP contribution in [0.25, 0.3) is 0 Å². The quantitative estimate of drug-likeness (QED) is 0.765. The zero-order valence-electron chi connectivity index (χ0n) is 15.8. The van der Waals surface area contributed by atoms with Crippen LogP contribution in [0.1, 0.15) is 45.5 Å². The number of nitrogens with two attached hydrogens (primary N) is 1. The Bertz CT molecular complexity index is 1170. The highest BCUT2D eigenvalue weighted by Gasteiger charge is 2.41. The summed E-state index contributed by atoms with van der Waals surface area (Å²) < 4.78 is 28.3. The van der Waals surface area contributed by atoms with Crippen LogP contribution in [0.15, 0.2) is 47.4 Å². The number of fused-ring (bicyclic) bond motifs is 2. The third-order valence-corrected chi connectivity index (χ3v) is 7.41. The molecular formula is C20H19N3O5S. The molecule has 0 unspecified atom stereocenters. The molecule has 2 heterocycles. The number of carbonyl (C=O) groups is 3. The maximum absolute atomic E-state index is 13.5. The summed E-state index contributed by atoms with van der Waals surface area (Å²) in [5, 5.41) is 0. The van der Waals surface area contributed by atoms with Gasteiger partial charge in [0.1, 0.15) is 0 Å². The number of anilines is 1. The Labute approximate surface area is 168 Å². The molecule has 9 heteroatoms. The summed E-state index contributed by atoms with van der Waals surface area (Å²) >= 11 is 0. The maximum atomic E-state index is 13.5. The Balaban J connectivity index is 1.85. The van der Waals surface area contributed by atoms with Crippen molar-refractivity contribution in [3.8, 4) is 0 Å². The minimum Gasteiger partial charge on any atom is -0.369 e. The van der Waals surface area contributed by atoms with E-state index in [2.05, 4.69) is 0 Å². The molecular weight excluding hydrogens is 394 g/mol. The lowest BCUT2D eigenvalue weighted by Crippen LogP contribution is -2.45. The Morgan fingerprint density at radius 1 is 1.07 bits per heavy atom. The Morgan fingerprint density at radius 2 is 1.72 bits per heavy atom. The van der Waals surface area contributed by atoms with Gasteiger partial charge in [0.15, 0.2) is 0 Å². The van der Waals surface area contributed by atoms with Gasteiger partial charge in [0, 0.05) is 13.1 Å². The minimum atomic E-state index is -4.05. The first-order valence-corrected chi connectivity index (χ1v) is 10.5. The molecule has 2 atom stereocenters. The molecule has 2 aromatic rings. The van der Waals surface area contributed by atoms with Gasteiger partial charge >= 0.3 is 0 Å². The summed E-state index contributed by atoms with van der Waals surface area (Å²) in [7, 11) is -2.70. The van der Waals surface area contributed by atoms with E-state index in [0.717, 1.165) is 4.90 Å². The van der Waals surface area contributed by atoms with Crippen molar-refractivity contribution in [3.05, 3.63) is 59.2 Å². The molecule has 0 bridgehead atoms. The van der Waals surface area contributed by atoms with Gasteiger partial charge in [0.2, 0.25) is 5.91 Å². The average Bonchev–Trinajstić information content (AvgIpc) is 2.90. The first-order chi connectivity index (χ1) is 13.6. The first kappa shape index (κ1) is 19.1. The summed E-state index contributed by atoms with van der Waals surface area (Å²) in [6.45, 7) is 1.71. The van der Waals surface area contributed by atoms with Crippen LogP contribution in [0.2, 0.25) is 0 Å². The van der Waals surface area contributed by atoms with Gasteiger partial charge in [-0.15, -0.1) is 0 Å². The SMILES string of the molecule is C[C@H]1C[C@@H](C(N)=O)c2ccccc2N1S(=O)(=O)c1ccc2c(c1)C(=O)N(C)C2=O. The maximum Gasteiger partial charge on any atom is 0.264 e. The largest absolute Gasteiger partial charge is 0.369 e. The molecule has 2 aromatic carbocycles. The van der Waals surface area contributed by atoms with Crippen molar-refractivity contribution in [1.82, 2.24) is 4.90 Å². The van der Waals surface area contributed by atoms with Crippen LogP contribution in [0.3, 0.4) is 0 Å². The van der Waals surface area contributed by atoms with Crippen molar-refractivity contribution in [2.45, 2.75) is 30.2 Å². The molecule has 0 aliphatic carbocycles. The minimum absolute atomic E-state index is 0.0616. The molecule has 0 saturated carbocycles. The van der Waals surface area contributed by atoms with Crippen molar-refractivity contribution in [3.63, 3.8) is 0 Å². The van der Waals surface area contributed by atoms with Gasteiger partial charge in [0.05, 0.1) is 27.6 Å². The smallest absolute Gasteiger partial charge is 0.264 e. The standard InChI is InChI=1S/C20H19N3O5S/c1-11-9-15(18(21)24)13-5-3-4-6-17(13)23(11)29(27,28)12-7-8-14-16(10-12)20(26)22(2)19(14)25/h3-8,10-11,15H,9H2,1-2H3,(H2,21,24)/t11-,15+/m0/s1. The fourth-order valence-electron chi connectivity index (χ4n) is 4.03. The highest BCUT2D eigenvalue weighted by Crippen LogP contribution is 2.41. The van der Waals surface area contributed by atoms with E-state index in [1.807, 2.05) is 0 Å². The van der Waals surface area contributed by atoms with E-state index in [1.165, 1.54) is 29.6 Å². The number of hydrogen-bond donors (Lipinski definition) is 1. The normalized spacial score (nSPS) is 21.2. The van der Waals surface area contributed by atoms with Crippen molar-refractivity contribution in [2.75, 3.05) is 11.4 Å². The molecule has 0 radical (unpaired) electrons. The molecule has 4 rings (SSSR count). The zero-order chi connectivity index (χ0) is 21.1. The highest BCUT2D eigenvalue weighted by molar-refractivity contribution is 7.92. The molecule has 0 saturated heterocycles. The molecule has 2 N–H and O–H groups in total. The van der Waals surface area contributed by atoms with E-state index >= 15 is 0 Å². The second-order valence-corrected chi connectivity index (χ2v) is 9.09. The van der Waals surface area contributed by atoms with E-state index in [1.54, 1.807) is 31.2 Å². The number of nitrogens with zero attached hydrogens (tertiary/aromatic N) is 2. The second kappa shape index (κ2) is 6.41. The molecule has 2 aliphatic heterocycles. The average molecular weight is 413 g/mol. The van der Waals surface area contributed by atoms with Gasteiger partial charge in [-0.1, -0.05) is 18.2 Å². The summed E-state index contributed by atoms with van der Waals surface area (Å²) in [6, 6.07) is 10.1. The van der Waals surface area contributed by atoms with Crippen LogP contribution >= 0.6 is 0 Å². The van der Waals surface area contributed by atoms with E-state index in [-0.39, 0.29) is 22.4 Å². The fourth-order valence-corrected chi connectivity index (χ4v) is 5.75.